The van der Waals surface area contributed by atoms with E-state index < -0.39 is 35.8 Å². The quantitative estimate of drug-likeness (QED) is 0.529. The van der Waals surface area contributed by atoms with Gasteiger partial charge in [0.1, 0.15) is 18.3 Å². The fourth-order valence-corrected chi connectivity index (χ4v) is 2.25. The highest BCUT2D eigenvalue weighted by Crippen LogP contribution is 2.37. The zero-order chi connectivity index (χ0) is 13.3. The standard InChI is InChI=1S/C12H13ClO5/c13-12(10(16)7-4-2-1-3-5-7)11(17)9(15)8(6-14)18-12/h1-5,8-9,11,14-15,17H,6H2/t8-,9-,11-,12?/m1/s1. The normalized spacial score (nSPS) is 35.7. The minimum atomic E-state index is -2.06. The number of Topliss-reactive ketones (excluding diaryl/α,β-unsaturated/α-hetero) is 1. The number of ether oxygens (including phenoxy) is 1. The van der Waals surface area contributed by atoms with Crippen LogP contribution in [0.5, 0.6) is 0 Å². The van der Waals surface area contributed by atoms with Gasteiger partial charge < -0.3 is 20.1 Å². The Labute approximate surface area is 109 Å². The first-order chi connectivity index (χ1) is 8.50. The second-order valence-corrected chi connectivity index (χ2v) is 4.68. The van der Waals surface area contributed by atoms with Gasteiger partial charge in [0.15, 0.2) is 0 Å². The van der Waals surface area contributed by atoms with Gasteiger partial charge in [-0.25, -0.2) is 0 Å². The fourth-order valence-electron chi connectivity index (χ4n) is 1.90. The number of halogens is 1. The molecule has 1 aromatic carbocycles. The van der Waals surface area contributed by atoms with Crippen molar-refractivity contribution in [3.63, 3.8) is 0 Å². The molecular formula is C12H13ClO5. The highest BCUT2D eigenvalue weighted by atomic mass is 35.5. The van der Waals surface area contributed by atoms with Crippen molar-refractivity contribution in [1.82, 2.24) is 0 Å². The molecule has 0 bridgehead atoms. The van der Waals surface area contributed by atoms with E-state index in [-0.39, 0.29) is 5.56 Å². The average molecular weight is 273 g/mol. The van der Waals surface area contributed by atoms with Crippen LogP contribution in [-0.4, -0.2) is 51.1 Å². The van der Waals surface area contributed by atoms with Crippen molar-refractivity contribution in [3.05, 3.63) is 35.9 Å². The van der Waals surface area contributed by atoms with Gasteiger partial charge in [0.05, 0.1) is 6.61 Å². The largest absolute Gasteiger partial charge is 0.394 e. The minimum Gasteiger partial charge on any atom is -0.394 e. The van der Waals surface area contributed by atoms with Crippen LogP contribution in [0.1, 0.15) is 10.4 Å². The highest BCUT2D eigenvalue weighted by molar-refractivity contribution is 6.37. The number of hydrogen-bond donors (Lipinski definition) is 3. The maximum atomic E-state index is 12.2. The summed E-state index contributed by atoms with van der Waals surface area (Å²) in [7, 11) is 0. The molecular weight excluding hydrogens is 260 g/mol. The highest BCUT2D eigenvalue weighted by Gasteiger charge is 2.57. The number of aliphatic hydroxyl groups excluding tert-OH is 3. The molecule has 0 aliphatic carbocycles. The first-order valence-corrected chi connectivity index (χ1v) is 5.82. The lowest BCUT2D eigenvalue weighted by molar-refractivity contribution is -0.0295. The van der Waals surface area contributed by atoms with Crippen LogP contribution < -0.4 is 0 Å². The Bertz CT molecular complexity index is 437. The van der Waals surface area contributed by atoms with E-state index in [1.54, 1.807) is 18.2 Å². The van der Waals surface area contributed by atoms with Crippen molar-refractivity contribution in [2.75, 3.05) is 6.61 Å². The van der Waals surface area contributed by atoms with Crippen molar-refractivity contribution < 1.29 is 24.9 Å². The zero-order valence-electron chi connectivity index (χ0n) is 9.36. The topological polar surface area (TPSA) is 87.0 Å². The molecule has 0 saturated carbocycles. The molecule has 4 atom stereocenters. The van der Waals surface area contributed by atoms with Crippen LogP contribution in [0.25, 0.3) is 0 Å². The third-order valence-electron chi connectivity index (χ3n) is 2.93. The number of carbonyl (C=O) groups is 1. The van der Waals surface area contributed by atoms with Crippen LogP contribution >= 0.6 is 11.6 Å². The van der Waals surface area contributed by atoms with Gasteiger partial charge in [-0.2, -0.15) is 0 Å². The third-order valence-corrected chi connectivity index (χ3v) is 3.42. The molecule has 1 aliphatic heterocycles. The Kier molecular flexibility index (Phi) is 3.70. The first-order valence-electron chi connectivity index (χ1n) is 5.44. The SMILES string of the molecule is O=C(c1ccccc1)C1(Cl)O[C@H](CO)[C@@H](O)[C@H]1O. The van der Waals surface area contributed by atoms with Crippen molar-refractivity contribution in [2.24, 2.45) is 0 Å². The van der Waals surface area contributed by atoms with Gasteiger partial charge in [-0.3, -0.25) is 4.79 Å². The second kappa shape index (κ2) is 4.95. The maximum Gasteiger partial charge on any atom is 0.234 e. The van der Waals surface area contributed by atoms with Gasteiger partial charge >= 0.3 is 0 Å². The molecule has 0 radical (unpaired) electrons. The Morgan fingerprint density at radius 2 is 1.94 bits per heavy atom. The summed E-state index contributed by atoms with van der Waals surface area (Å²) < 4.78 is 5.10. The first kappa shape index (κ1) is 13.5. The summed E-state index contributed by atoms with van der Waals surface area (Å²) in [5.74, 6) is -0.646. The number of alkyl halides is 1. The van der Waals surface area contributed by atoms with E-state index >= 15 is 0 Å². The van der Waals surface area contributed by atoms with Crippen molar-refractivity contribution >= 4 is 17.4 Å². The number of aliphatic hydroxyl groups is 3. The second-order valence-electron chi connectivity index (χ2n) is 4.11. The number of rotatable bonds is 3. The van der Waals surface area contributed by atoms with E-state index in [2.05, 4.69) is 0 Å². The van der Waals surface area contributed by atoms with Crippen molar-refractivity contribution in [3.8, 4) is 0 Å². The Balaban J connectivity index is 2.30. The molecule has 5 nitrogen and oxygen atoms in total. The molecule has 1 aromatic rings. The van der Waals surface area contributed by atoms with Gasteiger partial charge in [0.2, 0.25) is 10.8 Å². The monoisotopic (exact) mass is 272 g/mol. The van der Waals surface area contributed by atoms with Crippen LogP contribution in [0.3, 0.4) is 0 Å². The molecule has 1 saturated heterocycles. The fraction of sp³-hybridized carbons (Fsp3) is 0.417. The number of hydrogen-bond acceptors (Lipinski definition) is 5. The van der Waals surface area contributed by atoms with E-state index in [9.17, 15) is 15.0 Å². The molecule has 0 amide bonds. The van der Waals surface area contributed by atoms with E-state index in [4.69, 9.17) is 21.4 Å². The lowest BCUT2D eigenvalue weighted by atomic mass is 9.99. The van der Waals surface area contributed by atoms with Crippen LogP contribution in [0.2, 0.25) is 0 Å². The summed E-state index contributed by atoms with van der Waals surface area (Å²) in [6.07, 6.45) is -4.07. The Hall–Kier alpha value is -0.980. The Morgan fingerprint density at radius 1 is 1.33 bits per heavy atom. The number of benzene rings is 1. The van der Waals surface area contributed by atoms with Gasteiger partial charge in [-0.1, -0.05) is 41.9 Å². The molecule has 2 rings (SSSR count). The van der Waals surface area contributed by atoms with E-state index in [1.807, 2.05) is 0 Å². The van der Waals surface area contributed by atoms with E-state index in [0.29, 0.717) is 0 Å². The summed E-state index contributed by atoms with van der Waals surface area (Å²) in [6.45, 7) is -0.533. The third kappa shape index (κ3) is 2.04. The maximum absolute atomic E-state index is 12.2. The van der Waals surface area contributed by atoms with Gasteiger partial charge in [-0.15, -0.1) is 0 Å². The lowest BCUT2D eigenvalue weighted by Gasteiger charge is -2.23. The summed E-state index contributed by atoms with van der Waals surface area (Å²) in [5, 5.41) is 26.3. The molecule has 0 spiro atoms. The summed E-state index contributed by atoms with van der Waals surface area (Å²) in [4.78, 5) is 12.2. The van der Waals surface area contributed by atoms with Crippen LogP contribution in [0.4, 0.5) is 0 Å². The molecule has 6 heteroatoms. The Morgan fingerprint density at radius 3 is 2.44 bits per heavy atom. The predicted molar refractivity (Wildman–Crippen MR) is 63.3 cm³/mol. The lowest BCUT2D eigenvalue weighted by Crippen LogP contribution is -2.45. The minimum absolute atomic E-state index is 0.261. The van der Waals surface area contributed by atoms with Crippen LogP contribution in [0.15, 0.2) is 30.3 Å². The summed E-state index contributed by atoms with van der Waals surface area (Å²) in [5.41, 5.74) is 0.261. The molecule has 1 heterocycles. The zero-order valence-corrected chi connectivity index (χ0v) is 10.1. The van der Waals surface area contributed by atoms with Gasteiger partial charge in [0.25, 0.3) is 0 Å². The van der Waals surface area contributed by atoms with E-state index in [0.717, 1.165) is 0 Å². The molecule has 0 aromatic heterocycles. The molecule has 3 N–H and O–H groups in total. The molecule has 1 unspecified atom stereocenters. The van der Waals surface area contributed by atoms with E-state index in [1.165, 1.54) is 12.1 Å². The van der Waals surface area contributed by atoms with Crippen LogP contribution in [0, 0.1) is 0 Å². The number of ketones is 1. The molecule has 1 aliphatic rings. The van der Waals surface area contributed by atoms with Crippen molar-refractivity contribution in [1.29, 1.82) is 0 Å². The number of carbonyl (C=O) groups excluding carboxylic acids is 1. The van der Waals surface area contributed by atoms with Gasteiger partial charge in [-0.05, 0) is 0 Å². The molecule has 18 heavy (non-hydrogen) atoms. The summed E-state index contributed by atoms with van der Waals surface area (Å²) in [6, 6.07) is 8.08. The van der Waals surface area contributed by atoms with Crippen LogP contribution in [-0.2, 0) is 4.74 Å². The molecule has 98 valence electrons. The van der Waals surface area contributed by atoms with Gasteiger partial charge in [0, 0.05) is 5.56 Å². The predicted octanol–water partition coefficient (Wildman–Crippen LogP) is -0.0827. The average Bonchev–Trinajstić information content (AvgIpc) is 2.64. The smallest absolute Gasteiger partial charge is 0.234 e. The summed E-state index contributed by atoms with van der Waals surface area (Å²) >= 11 is 5.98. The van der Waals surface area contributed by atoms with Crippen molar-refractivity contribution in [2.45, 2.75) is 23.4 Å². The molecule has 1 fully saturated rings.